The van der Waals surface area contributed by atoms with Gasteiger partial charge in [0.2, 0.25) is 5.91 Å². The van der Waals surface area contributed by atoms with Crippen LogP contribution in [0.25, 0.3) is 0 Å². The second-order valence-electron chi connectivity index (χ2n) is 5.60. The third-order valence-electron chi connectivity index (χ3n) is 4.03. The Bertz CT molecular complexity index is 612. The molecule has 6 nitrogen and oxygen atoms in total. The van der Waals surface area contributed by atoms with Gasteiger partial charge in [-0.3, -0.25) is 9.59 Å². The van der Waals surface area contributed by atoms with Gasteiger partial charge in [0.25, 0.3) is 5.91 Å². The molecule has 3 N–H and O–H groups in total. The molecule has 6 heteroatoms. The van der Waals surface area contributed by atoms with Gasteiger partial charge in [0, 0.05) is 17.7 Å². The van der Waals surface area contributed by atoms with Crippen LogP contribution in [-0.2, 0) is 16.0 Å². The van der Waals surface area contributed by atoms with Crippen LogP contribution in [0.4, 0.5) is 5.69 Å². The van der Waals surface area contributed by atoms with E-state index in [0.29, 0.717) is 30.5 Å². The first-order valence-electron chi connectivity index (χ1n) is 7.38. The second kappa shape index (κ2) is 6.60. The lowest BCUT2D eigenvalue weighted by Gasteiger charge is -2.21. The summed E-state index contributed by atoms with van der Waals surface area (Å²) < 4.78 is 0. The third-order valence-corrected chi connectivity index (χ3v) is 4.03. The Labute approximate surface area is 128 Å². The molecule has 1 aliphatic heterocycles. The number of fused-ring (bicyclic) bond motifs is 1. The molecule has 0 radical (unpaired) electrons. The van der Waals surface area contributed by atoms with Gasteiger partial charge in [-0.1, -0.05) is 20.3 Å². The van der Waals surface area contributed by atoms with Crippen molar-refractivity contribution in [3.63, 3.8) is 0 Å². The first-order valence-corrected chi connectivity index (χ1v) is 7.38. The van der Waals surface area contributed by atoms with Crippen LogP contribution in [0.5, 0.6) is 0 Å². The highest BCUT2D eigenvalue weighted by molar-refractivity contribution is 5.99. The molecular weight excluding hydrogens is 284 g/mol. The fourth-order valence-corrected chi connectivity index (χ4v) is 2.43. The molecule has 0 spiro atoms. The molecule has 2 atom stereocenters. The Hall–Kier alpha value is -2.37. The number of hydrogen-bond donors (Lipinski definition) is 3. The number of carbonyl (C=O) groups is 3. The molecule has 0 aliphatic carbocycles. The zero-order valence-corrected chi connectivity index (χ0v) is 12.7. The van der Waals surface area contributed by atoms with Gasteiger partial charge in [-0.2, -0.15) is 0 Å². The number of benzene rings is 1. The number of carboxylic acids is 1. The average molecular weight is 304 g/mol. The van der Waals surface area contributed by atoms with Crippen LogP contribution >= 0.6 is 0 Å². The van der Waals surface area contributed by atoms with Crippen molar-refractivity contribution in [2.24, 2.45) is 5.92 Å². The summed E-state index contributed by atoms with van der Waals surface area (Å²) in [5.41, 5.74) is 2.01. The zero-order valence-electron chi connectivity index (χ0n) is 12.7. The number of rotatable bonds is 5. The van der Waals surface area contributed by atoms with E-state index in [0.717, 1.165) is 5.56 Å². The molecule has 1 aromatic rings. The maximum atomic E-state index is 12.3. The van der Waals surface area contributed by atoms with Gasteiger partial charge in [-0.15, -0.1) is 0 Å². The number of nitrogens with one attached hydrogen (secondary N) is 2. The highest BCUT2D eigenvalue weighted by Gasteiger charge is 2.26. The Balaban J connectivity index is 2.16. The van der Waals surface area contributed by atoms with Crippen molar-refractivity contribution in [1.82, 2.24) is 5.32 Å². The zero-order chi connectivity index (χ0) is 16.3. The Morgan fingerprint density at radius 3 is 2.73 bits per heavy atom. The molecule has 2 rings (SSSR count). The number of aliphatic carboxylic acids is 1. The van der Waals surface area contributed by atoms with Crippen molar-refractivity contribution >= 4 is 23.5 Å². The molecule has 1 aliphatic rings. The minimum absolute atomic E-state index is 0.0348. The van der Waals surface area contributed by atoms with Crippen LogP contribution in [-0.4, -0.2) is 28.9 Å². The molecule has 2 amide bonds. The summed E-state index contributed by atoms with van der Waals surface area (Å²) in [6, 6.07) is 4.07. The second-order valence-corrected chi connectivity index (χ2v) is 5.60. The van der Waals surface area contributed by atoms with Crippen LogP contribution < -0.4 is 10.6 Å². The lowest BCUT2D eigenvalue weighted by Crippen LogP contribution is -2.45. The van der Waals surface area contributed by atoms with Crippen LogP contribution in [0.2, 0.25) is 0 Å². The van der Waals surface area contributed by atoms with Gasteiger partial charge in [0.05, 0.1) is 0 Å². The van der Waals surface area contributed by atoms with Crippen molar-refractivity contribution in [1.29, 1.82) is 0 Å². The average Bonchev–Trinajstić information content (AvgIpc) is 2.50. The summed E-state index contributed by atoms with van der Waals surface area (Å²) in [7, 11) is 0. The van der Waals surface area contributed by atoms with Crippen LogP contribution in [0.1, 0.15) is 42.6 Å². The summed E-state index contributed by atoms with van der Waals surface area (Å²) in [4.78, 5) is 34.9. The van der Waals surface area contributed by atoms with E-state index in [1.807, 2.05) is 6.92 Å². The Morgan fingerprint density at radius 1 is 1.36 bits per heavy atom. The molecule has 0 aromatic heterocycles. The SMILES string of the molecule is CC[C@H](C)[C@H](NC(=O)c1ccc2c(c1)CCC(=O)N2)C(=O)O. The maximum Gasteiger partial charge on any atom is 0.326 e. The molecule has 22 heavy (non-hydrogen) atoms. The van der Waals surface area contributed by atoms with Gasteiger partial charge in [0.15, 0.2) is 0 Å². The quantitative estimate of drug-likeness (QED) is 0.773. The van der Waals surface area contributed by atoms with Crippen molar-refractivity contribution in [2.75, 3.05) is 5.32 Å². The molecule has 1 heterocycles. The summed E-state index contributed by atoms with van der Waals surface area (Å²) >= 11 is 0. The summed E-state index contributed by atoms with van der Waals surface area (Å²) in [5, 5.41) is 14.6. The molecular formula is C16H20N2O4. The monoisotopic (exact) mass is 304 g/mol. The maximum absolute atomic E-state index is 12.3. The third kappa shape index (κ3) is 3.44. The highest BCUT2D eigenvalue weighted by atomic mass is 16.4. The van der Waals surface area contributed by atoms with E-state index in [2.05, 4.69) is 10.6 Å². The van der Waals surface area contributed by atoms with E-state index in [1.165, 1.54) is 0 Å². The number of hydrogen-bond acceptors (Lipinski definition) is 3. The van der Waals surface area contributed by atoms with Gasteiger partial charge < -0.3 is 15.7 Å². The van der Waals surface area contributed by atoms with Gasteiger partial charge in [0.1, 0.15) is 6.04 Å². The normalized spacial score (nSPS) is 16.2. The molecule has 0 saturated carbocycles. The van der Waals surface area contributed by atoms with E-state index in [4.69, 9.17) is 0 Å². The van der Waals surface area contributed by atoms with E-state index >= 15 is 0 Å². The van der Waals surface area contributed by atoms with Crippen LogP contribution in [0.3, 0.4) is 0 Å². The fourth-order valence-electron chi connectivity index (χ4n) is 2.43. The van der Waals surface area contributed by atoms with E-state index in [9.17, 15) is 19.5 Å². The topological polar surface area (TPSA) is 95.5 Å². The lowest BCUT2D eigenvalue weighted by atomic mass is 9.97. The number of anilines is 1. The molecule has 1 aromatic carbocycles. The predicted molar refractivity (Wildman–Crippen MR) is 81.7 cm³/mol. The molecule has 0 fully saturated rings. The van der Waals surface area contributed by atoms with Crippen molar-refractivity contribution in [3.8, 4) is 0 Å². The smallest absolute Gasteiger partial charge is 0.326 e. The summed E-state index contributed by atoms with van der Waals surface area (Å²) in [5.74, 6) is -1.63. The summed E-state index contributed by atoms with van der Waals surface area (Å²) in [6.45, 7) is 3.68. The first kappa shape index (κ1) is 16.0. The molecule has 0 saturated heterocycles. The number of carbonyl (C=O) groups excluding carboxylic acids is 2. The van der Waals surface area contributed by atoms with Gasteiger partial charge >= 0.3 is 5.97 Å². The summed E-state index contributed by atoms with van der Waals surface area (Å²) in [6.07, 6.45) is 1.63. The number of carboxylic acid groups (broad SMARTS) is 1. The number of aryl methyl sites for hydroxylation is 1. The van der Waals surface area contributed by atoms with Crippen molar-refractivity contribution < 1.29 is 19.5 Å². The van der Waals surface area contributed by atoms with E-state index < -0.39 is 17.9 Å². The van der Waals surface area contributed by atoms with Gasteiger partial charge in [-0.05, 0) is 36.1 Å². The molecule has 0 bridgehead atoms. The Kier molecular flexibility index (Phi) is 4.80. The van der Waals surface area contributed by atoms with Crippen molar-refractivity contribution in [3.05, 3.63) is 29.3 Å². The minimum Gasteiger partial charge on any atom is -0.480 e. The van der Waals surface area contributed by atoms with Crippen LogP contribution in [0.15, 0.2) is 18.2 Å². The van der Waals surface area contributed by atoms with E-state index in [-0.39, 0.29) is 11.8 Å². The molecule has 118 valence electrons. The largest absolute Gasteiger partial charge is 0.480 e. The lowest BCUT2D eigenvalue weighted by molar-refractivity contribution is -0.140. The van der Waals surface area contributed by atoms with E-state index in [1.54, 1.807) is 25.1 Å². The van der Waals surface area contributed by atoms with Gasteiger partial charge in [-0.25, -0.2) is 4.79 Å². The Morgan fingerprint density at radius 2 is 2.09 bits per heavy atom. The fraction of sp³-hybridized carbons (Fsp3) is 0.438. The standard InChI is InChI=1S/C16H20N2O4/c1-3-9(2)14(16(21)22)18-15(20)11-4-6-12-10(8-11)5-7-13(19)17-12/h4,6,8-9,14H,3,5,7H2,1-2H3,(H,17,19)(H,18,20)(H,21,22)/t9-,14-/m0/s1. The predicted octanol–water partition coefficient (Wildman–Crippen LogP) is 1.80. The number of amides is 2. The van der Waals surface area contributed by atoms with Crippen molar-refractivity contribution in [2.45, 2.75) is 39.2 Å². The van der Waals surface area contributed by atoms with Crippen LogP contribution in [0, 0.1) is 5.92 Å². The molecule has 0 unspecified atom stereocenters. The highest BCUT2D eigenvalue weighted by Crippen LogP contribution is 2.23. The first-order chi connectivity index (χ1) is 10.4. The minimum atomic E-state index is -1.03.